The summed E-state index contributed by atoms with van der Waals surface area (Å²) in [6, 6.07) is -0.728. The molecule has 0 aromatic carbocycles. The van der Waals surface area contributed by atoms with Gasteiger partial charge in [-0.15, -0.1) is 11.3 Å². The number of rotatable bonds is 3. The Bertz CT molecular complexity index is 462. The predicted molar refractivity (Wildman–Crippen MR) is 64.8 cm³/mol. The second kappa shape index (κ2) is 5.42. The summed E-state index contributed by atoms with van der Waals surface area (Å²) in [5.74, 6) is -0.879. The van der Waals surface area contributed by atoms with E-state index in [1.54, 1.807) is 5.38 Å². The Balaban J connectivity index is 2.17. The van der Waals surface area contributed by atoms with E-state index in [9.17, 15) is 9.59 Å². The third kappa shape index (κ3) is 2.50. The molecule has 1 fully saturated rings. The van der Waals surface area contributed by atoms with Crippen molar-refractivity contribution in [2.24, 2.45) is 11.5 Å². The van der Waals surface area contributed by atoms with Crippen LogP contribution in [0.3, 0.4) is 0 Å². The monoisotopic (exact) mass is 270 g/mol. The fourth-order valence-electron chi connectivity index (χ4n) is 1.73. The molecule has 1 aliphatic heterocycles. The lowest BCUT2D eigenvalue weighted by molar-refractivity contribution is -0.127. The number of ether oxygens (including phenoxy) is 1. The summed E-state index contributed by atoms with van der Waals surface area (Å²) in [5, 5.41) is 2.32. The number of hydrogen-bond donors (Lipinski definition) is 2. The van der Waals surface area contributed by atoms with Gasteiger partial charge in [0, 0.05) is 18.5 Å². The summed E-state index contributed by atoms with van der Waals surface area (Å²) in [6.07, 6.45) is 0. The van der Waals surface area contributed by atoms with Gasteiger partial charge in [0.05, 0.1) is 13.2 Å². The van der Waals surface area contributed by atoms with Crippen molar-refractivity contribution in [1.29, 1.82) is 0 Å². The van der Waals surface area contributed by atoms with Crippen LogP contribution in [0.1, 0.15) is 15.5 Å². The van der Waals surface area contributed by atoms with Crippen molar-refractivity contribution in [3.8, 4) is 0 Å². The number of aromatic nitrogens is 1. The molecule has 1 aromatic heterocycles. The molecule has 0 bridgehead atoms. The summed E-state index contributed by atoms with van der Waals surface area (Å²) in [5.41, 5.74) is 11.0. The van der Waals surface area contributed by atoms with Crippen LogP contribution in [0.4, 0.5) is 0 Å². The van der Waals surface area contributed by atoms with Crippen molar-refractivity contribution < 1.29 is 14.3 Å². The normalized spacial score (nSPS) is 19.8. The molecule has 2 amide bonds. The van der Waals surface area contributed by atoms with Crippen LogP contribution >= 0.6 is 11.3 Å². The number of nitrogens with two attached hydrogens (primary N) is 2. The Hall–Kier alpha value is -1.51. The van der Waals surface area contributed by atoms with Crippen molar-refractivity contribution in [2.45, 2.75) is 12.6 Å². The molecule has 1 saturated heterocycles. The molecule has 0 spiro atoms. The van der Waals surface area contributed by atoms with Gasteiger partial charge in [-0.1, -0.05) is 0 Å². The van der Waals surface area contributed by atoms with E-state index in [4.69, 9.17) is 16.2 Å². The molecule has 4 N–H and O–H groups in total. The van der Waals surface area contributed by atoms with Crippen LogP contribution in [0.2, 0.25) is 0 Å². The summed E-state index contributed by atoms with van der Waals surface area (Å²) in [4.78, 5) is 29.0. The van der Waals surface area contributed by atoms with Crippen molar-refractivity contribution in [3.05, 3.63) is 16.1 Å². The van der Waals surface area contributed by atoms with E-state index < -0.39 is 11.9 Å². The minimum absolute atomic E-state index is 0.134. The maximum absolute atomic E-state index is 12.2. The van der Waals surface area contributed by atoms with E-state index in [1.807, 2.05) is 0 Å². The first-order valence-corrected chi connectivity index (χ1v) is 6.34. The number of hydrogen-bond acceptors (Lipinski definition) is 6. The van der Waals surface area contributed by atoms with Crippen molar-refractivity contribution >= 4 is 23.2 Å². The molecule has 2 rings (SSSR count). The molecule has 0 aliphatic carbocycles. The Kier molecular flexibility index (Phi) is 3.90. The molecular weight excluding hydrogens is 256 g/mol. The smallest absolute Gasteiger partial charge is 0.274 e. The Morgan fingerprint density at radius 2 is 2.39 bits per heavy atom. The largest absolute Gasteiger partial charge is 0.377 e. The number of amides is 2. The van der Waals surface area contributed by atoms with Crippen LogP contribution in [0.25, 0.3) is 0 Å². The van der Waals surface area contributed by atoms with E-state index in [1.165, 1.54) is 16.2 Å². The van der Waals surface area contributed by atoms with Gasteiger partial charge in [-0.05, 0) is 0 Å². The van der Waals surface area contributed by atoms with Crippen molar-refractivity contribution in [1.82, 2.24) is 9.88 Å². The number of carbonyl (C=O) groups is 2. The van der Waals surface area contributed by atoms with Gasteiger partial charge < -0.3 is 21.1 Å². The van der Waals surface area contributed by atoms with Crippen LogP contribution in [-0.4, -0.2) is 47.5 Å². The summed E-state index contributed by atoms with van der Waals surface area (Å²) in [7, 11) is 0. The molecule has 1 aromatic rings. The van der Waals surface area contributed by atoms with Gasteiger partial charge in [0.15, 0.2) is 0 Å². The average Bonchev–Trinajstić information content (AvgIpc) is 2.86. The van der Waals surface area contributed by atoms with Crippen molar-refractivity contribution in [3.63, 3.8) is 0 Å². The number of nitrogens with zero attached hydrogens (tertiary/aromatic N) is 2. The third-order valence-electron chi connectivity index (χ3n) is 2.66. The van der Waals surface area contributed by atoms with Crippen LogP contribution in [-0.2, 0) is 16.1 Å². The van der Waals surface area contributed by atoms with E-state index in [0.29, 0.717) is 30.4 Å². The lowest BCUT2D eigenvalue weighted by Gasteiger charge is -2.32. The van der Waals surface area contributed by atoms with Gasteiger partial charge in [-0.3, -0.25) is 9.59 Å². The first-order valence-electron chi connectivity index (χ1n) is 5.46. The molecule has 1 unspecified atom stereocenters. The van der Waals surface area contributed by atoms with Crippen LogP contribution in [0.15, 0.2) is 5.38 Å². The van der Waals surface area contributed by atoms with Crippen LogP contribution in [0, 0.1) is 0 Å². The van der Waals surface area contributed by atoms with Crippen LogP contribution < -0.4 is 11.5 Å². The highest BCUT2D eigenvalue weighted by molar-refractivity contribution is 7.09. The Morgan fingerprint density at radius 1 is 1.61 bits per heavy atom. The zero-order chi connectivity index (χ0) is 13.1. The maximum Gasteiger partial charge on any atom is 0.274 e. The van der Waals surface area contributed by atoms with Crippen molar-refractivity contribution in [2.75, 3.05) is 19.8 Å². The minimum atomic E-state index is -0.728. The molecule has 98 valence electrons. The van der Waals surface area contributed by atoms with Gasteiger partial charge in [-0.2, -0.15) is 0 Å². The molecule has 0 saturated carbocycles. The van der Waals surface area contributed by atoms with E-state index in [-0.39, 0.29) is 12.5 Å². The summed E-state index contributed by atoms with van der Waals surface area (Å²) in [6.45, 7) is 1.15. The Labute approximate surface area is 108 Å². The summed E-state index contributed by atoms with van der Waals surface area (Å²) < 4.78 is 5.15. The molecule has 1 aliphatic rings. The summed E-state index contributed by atoms with van der Waals surface area (Å²) >= 11 is 1.32. The molecule has 2 heterocycles. The molecular formula is C10H14N4O3S. The SMILES string of the molecule is NCc1nc(C(=O)N2CCOCC2C(N)=O)cs1. The third-order valence-corrected chi connectivity index (χ3v) is 3.53. The molecule has 1 atom stereocenters. The molecule has 8 heteroatoms. The molecule has 0 radical (unpaired) electrons. The first kappa shape index (κ1) is 12.9. The van der Waals surface area contributed by atoms with E-state index in [0.717, 1.165) is 0 Å². The van der Waals surface area contributed by atoms with Gasteiger partial charge in [0.1, 0.15) is 16.7 Å². The fraction of sp³-hybridized carbons (Fsp3) is 0.500. The zero-order valence-corrected chi connectivity index (χ0v) is 10.5. The second-order valence-corrected chi connectivity index (χ2v) is 4.76. The van der Waals surface area contributed by atoms with Crippen LogP contribution in [0.5, 0.6) is 0 Å². The van der Waals surface area contributed by atoms with Gasteiger partial charge >= 0.3 is 0 Å². The highest BCUT2D eigenvalue weighted by atomic mass is 32.1. The zero-order valence-electron chi connectivity index (χ0n) is 9.67. The highest BCUT2D eigenvalue weighted by Crippen LogP contribution is 2.15. The number of primary amides is 1. The lowest BCUT2D eigenvalue weighted by atomic mass is 10.2. The Morgan fingerprint density at radius 3 is 3.00 bits per heavy atom. The van der Waals surface area contributed by atoms with E-state index in [2.05, 4.69) is 4.98 Å². The highest BCUT2D eigenvalue weighted by Gasteiger charge is 2.32. The number of morpholine rings is 1. The minimum Gasteiger partial charge on any atom is -0.377 e. The molecule has 18 heavy (non-hydrogen) atoms. The first-order chi connectivity index (χ1) is 8.63. The number of thiazole rings is 1. The average molecular weight is 270 g/mol. The van der Waals surface area contributed by atoms with Gasteiger partial charge in [0.25, 0.3) is 5.91 Å². The maximum atomic E-state index is 12.2. The van der Waals surface area contributed by atoms with Gasteiger partial charge in [0.2, 0.25) is 5.91 Å². The second-order valence-electron chi connectivity index (χ2n) is 3.82. The quantitative estimate of drug-likeness (QED) is 0.726. The fourth-order valence-corrected chi connectivity index (χ4v) is 2.38. The number of carbonyl (C=O) groups excluding carboxylic acids is 2. The topological polar surface area (TPSA) is 112 Å². The molecule has 7 nitrogen and oxygen atoms in total. The standard InChI is InChI=1S/C10H14N4O3S/c11-3-8-13-6(5-18-8)10(16)14-1-2-17-4-7(14)9(12)15/h5,7H,1-4,11H2,(H2,12,15). The van der Waals surface area contributed by atoms with Gasteiger partial charge in [-0.25, -0.2) is 4.98 Å². The predicted octanol–water partition coefficient (Wildman–Crippen LogP) is -1.07. The van der Waals surface area contributed by atoms with E-state index >= 15 is 0 Å². The lowest BCUT2D eigenvalue weighted by Crippen LogP contribution is -2.54.